The molecule has 0 bridgehead atoms. The fraction of sp³-hybridized carbons (Fsp3) is 0.111. The molecule has 4 rings (SSSR count). The summed E-state index contributed by atoms with van der Waals surface area (Å²) in [6, 6.07) is 5.79. The van der Waals surface area contributed by atoms with Gasteiger partial charge in [0.25, 0.3) is 0 Å². The van der Waals surface area contributed by atoms with Crippen LogP contribution in [0.15, 0.2) is 49.2 Å². The van der Waals surface area contributed by atoms with Gasteiger partial charge in [0.15, 0.2) is 5.82 Å². The van der Waals surface area contributed by atoms with Crippen molar-refractivity contribution in [3.8, 4) is 11.4 Å². The highest BCUT2D eigenvalue weighted by Gasteiger charge is 2.11. The van der Waals surface area contributed by atoms with Gasteiger partial charge in [0.2, 0.25) is 0 Å². The van der Waals surface area contributed by atoms with Gasteiger partial charge >= 0.3 is 0 Å². The summed E-state index contributed by atoms with van der Waals surface area (Å²) in [6.45, 7) is 2.00. The maximum absolute atomic E-state index is 6.03. The number of nitrogens with two attached hydrogens (primary N) is 1. The minimum absolute atomic E-state index is 0.606. The van der Waals surface area contributed by atoms with Crippen LogP contribution < -0.4 is 11.1 Å². The molecule has 0 saturated heterocycles. The number of aromatic nitrogens is 5. The number of rotatable bonds is 3. The molecule has 25 heavy (non-hydrogen) atoms. The highest BCUT2D eigenvalue weighted by atomic mass is 15.2. The van der Waals surface area contributed by atoms with Crippen LogP contribution in [0.4, 0.5) is 17.1 Å². The molecule has 7 heteroatoms. The standard InChI is InChI=1S/C18H17N7/c1-11-4-3-5-15(19)17(11)24-12-6-21-18(22-7-12)14-8-20-10-16-13(14)9-23-25(16)2/h3-10,24H,19H2,1-2H3. The van der Waals surface area contributed by atoms with Crippen LogP contribution in [0.3, 0.4) is 0 Å². The van der Waals surface area contributed by atoms with Crippen LogP contribution in [0, 0.1) is 6.92 Å². The van der Waals surface area contributed by atoms with Crippen LogP contribution in [0.2, 0.25) is 0 Å². The summed E-state index contributed by atoms with van der Waals surface area (Å²) in [7, 11) is 1.88. The highest BCUT2D eigenvalue weighted by Crippen LogP contribution is 2.28. The molecule has 0 fully saturated rings. The Bertz CT molecular complexity index is 1030. The zero-order valence-electron chi connectivity index (χ0n) is 13.9. The average Bonchev–Trinajstić information content (AvgIpc) is 3.00. The summed E-state index contributed by atoms with van der Waals surface area (Å²) in [5.41, 5.74) is 11.2. The summed E-state index contributed by atoms with van der Waals surface area (Å²) < 4.78 is 1.78. The Hall–Kier alpha value is -3.48. The molecule has 3 N–H and O–H groups in total. The number of pyridine rings is 1. The van der Waals surface area contributed by atoms with Gasteiger partial charge in [-0.05, 0) is 18.6 Å². The van der Waals surface area contributed by atoms with Gasteiger partial charge < -0.3 is 11.1 Å². The van der Waals surface area contributed by atoms with E-state index in [9.17, 15) is 0 Å². The molecule has 0 spiro atoms. The fourth-order valence-electron chi connectivity index (χ4n) is 2.77. The Labute approximate surface area is 144 Å². The number of aryl methyl sites for hydroxylation is 2. The lowest BCUT2D eigenvalue weighted by Crippen LogP contribution is -2.00. The van der Waals surface area contributed by atoms with Crippen molar-refractivity contribution in [3.05, 3.63) is 54.7 Å². The first-order valence-corrected chi connectivity index (χ1v) is 7.84. The number of hydrogen-bond acceptors (Lipinski definition) is 6. The van der Waals surface area contributed by atoms with E-state index in [1.165, 1.54) is 0 Å². The van der Waals surface area contributed by atoms with E-state index in [2.05, 4.69) is 25.4 Å². The van der Waals surface area contributed by atoms with Crippen molar-refractivity contribution in [2.45, 2.75) is 6.92 Å². The lowest BCUT2D eigenvalue weighted by atomic mass is 10.1. The van der Waals surface area contributed by atoms with E-state index >= 15 is 0 Å². The molecule has 7 nitrogen and oxygen atoms in total. The second-order valence-corrected chi connectivity index (χ2v) is 5.85. The summed E-state index contributed by atoms with van der Waals surface area (Å²) >= 11 is 0. The van der Waals surface area contributed by atoms with Crippen molar-refractivity contribution < 1.29 is 0 Å². The quantitative estimate of drug-likeness (QED) is 0.560. The molecule has 3 aromatic heterocycles. The van der Waals surface area contributed by atoms with E-state index in [1.54, 1.807) is 35.7 Å². The molecular formula is C18H17N7. The number of fused-ring (bicyclic) bond motifs is 1. The minimum Gasteiger partial charge on any atom is -0.397 e. The van der Waals surface area contributed by atoms with Gasteiger partial charge in [-0.3, -0.25) is 9.67 Å². The Kier molecular flexibility index (Phi) is 3.53. The Morgan fingerprint density at radius 2 is 1.84 bits per heavy atom. The monoisotopic (exact) mass is 331 g/mol. The SMILES string of the molecule is Cc1cccc(N)c1Nc1cnc(-c2cncc3c2cnn3C)nc1. The van der Waals surface area contributed by atoms with Crippen molar-refractivity contribution >= 4 is 28.0 Å². The van der Waals surface area contributed by atoms with Crippen LogP contribution in [0.1, 0.15) is 5.56 Å². The molecule has 0 aliphatic carbocycles. The fourth-order valence-corrected chi connectivity index (χ4v) is 2.77. The molecule has 0 unspecified atom stereocenters. The molecule has 1 aromatic carbocycles. The van der Waals surface area contributed by atoms with Crippen molar-refractivity contribution in [1.29, 1.82) is 0 Å². The van der Waals surface area contributed by atoms with Gasteiger partial charge in [0, 0.05) is 24.2 Å². The van der Waals surface area contributed by atoms with Crippen LogP contribution in [0.25, 0.3) is 22.3 Å². The van der Waals surface area contributed by atoms with E-state index in [4.69, 9.17) is 5.73 Å². The molecule has 124 valence electrons. The number of benzene rings is 1. The largest absolute Gasteiger partial charge is 0.397 e. The third-order valence-electron chi connectivity index (χ3n) is 4.14. The number of hydrogen-bond donors (Lipinski definition) is 2. The lowest BCUT2D eigenvalue weighted by molar-refractivity contribution is 0.795. The first kappa shape index (κ1) is 15.1. The Balaban J connectivity index is 1.68. The second-order valence-electron chi connectivity index (χ2n) is 5.85. The lowest BCUT2D eigenvalue weighted by Gasteiger charge is -2.12. The van der Waals surface area contributed by atoms with E-state index in [-0.39, 0.29) is 0 Å². The van der Waals surface area contributed by atoms with Gasteiger partial charge in [-0.2, -0.15) is 5.10 Å². The smallest absolute Gasteiger partial charge is 0.161 e. The van der Waals surface area contributed by atoms with E-state index in [0.29, 0.717) is 11.5 Å². The highest BCUT2D eigenvalue weighted by molar-refractivity contribution is 5.91. The van der Waals surface area contributed by atoms with Crippen LogP contribution in [-0.4, -0.2) is 24.7 Å². The molecule has 0 radical (unpaired) electrons. The molecular weight excluding hydrogens is 314 g/mol. The molecule has 0 aliphatic heterocycles. The number of nitrogens with zero attached hydrogens (tertiary/aromatic N) is 5. The maximum atomic E-state index is 6.03. The first-order chi connectivity index (χ1) is 12.1. The summed E-state index contributed by atoms with van der Waals surface area (Å²) in [6.07, 6.45) is 8.82. The second kappa shape index (κ2) is 5.86. The zero-order valence-corrected chi connectivity index (χ0v) is 13.9. The predicted octanol–water partition coefficient (Wildman–Crippen LogP) is 3.06. The van der Waals surface area contributed by atoms with Crippen molar-refractivity contribution in [2.75, 3.05) is 11.1 Å². The number of para-hydroxylation sites is 1. The van der Waals surface area contributed by atoms with Crippen LogP contribution >= 0.6 is 0 Å². The third-order valence-corrected chi connectivity index (χ3v) is 4.14. The van der Waals surface area contributed by atoms with Gasteiger partial charge in [-0.25, -0.2) is 9.97 Å². The summed E-state index contributed by atoms with van der Waals surface area (Å²) in [5, 5.41) is 8.52. The maximum Gasteiger partial charge on any atom is 0.161 e. The minimum atomic E-state index is 0.606. The first-order valence-electron chi connectivity index (χ1n) is 7.84. The predicted molar refractivity (Wildman–Crippen MR) is 98.4 cm³/mol. The van der Waals surface area contributed by atoms with E-state index in [1.807, 2.05) is 32.2 Å². The Morgan fingerprint density at radius 1 is 1.04 bits per heavy atom. The summed E-state index contributed by atoms with van der Waals surface area (Å²) in [4.78, 5) is 13.2. The molecule has 0 saturated carbocycles. The molecule has 0 aliphatic rings. The van der Waals surface area contributed by atoms with E-state index in [0.717, 1.165) is 33.4 Å². The van der Waals surface area contributed by atoms with E-state index < -0.39 is 0 Å². The normalized spacial score (nSPS) is 11.0. The van der Waals surface area contributed by atoms with Gasteiger partial charge in [-0.15, -0.1) is 0 Å². The van der Waals surface area contributed by atoms with Crippen LogP contribution in [-0.2, 0) is 7.05 Å². The third kappa shape index (κ3) is 2.65. The Morgan fingerprint density at radius 3 is 2.60 bits per heavy atom. The molecule has 0 amide bonds. The van der Waals surface area contributed by atoms with Gasteiger partial charge in [0.1, 0.15) is 0 Å². The summed E-state index contributed by atoms with van der Waals surface area (Å²) in [5.74, 6) is 0.606. The van der Waals surface area contributed by atoms with Crippen molar-refractivity contribution in [1.82, 2.24) is 24.7 Å². The average molecular weight is 331 g/mol. The van der Waals surface area contributed by atoms with Crippen molar-refractivity contribution in [3.63, 3.8) is 0 Å². The van der Waals surface area contributed by atoms with Crippen molar-refractivity contribution in [2.24, 2.45) is 7.05 Å². The number of anilines is 3. The topological polar surface area (TPSA) is 94.5 Å². The zero-order chi connectivity index (χ0) is 17.4. The van der Waals surface area contributed by atoms with Crippen LogP contribution in [0.5, 0.6) is 0 Å². The number of nitrogens with one attached hydrogen (secondary N) is 1. The number of nitrogen functional groups attached to an aromatic ring is 1. The molecule has 3 heterocycles. The molecule has 0 atom stereocenters. The van der Waals surface area contributed by atoms with Gasteiger partial charge in [0.05, 0.1) is 47.4 Å². The molecule has 4 aromatic rings. The van der Waals surface area contributed by atoms with Gasteiger partial charge in [-0.1, -0.05) is 12.1 Å².